The van der Waals surface area contributed by atoms with Crippen molar-refractivity contribution < 1.29 is 36.6 Å². The maximum atomic E-state index is 14.5. The Morgan fingerprint density at radius 2 is 1.53 bits per heavy atom. The van der Waals surface area contributed by atoms with Crippen molar-refractivity contribution in [1.29, 1.82) is 0 Å². The largest absolute Gasteiger partial charge is 0.453 e. The third kappa shape index (κ3) is 9.81. The summed E-state index contributed by atoms with van der Waals surface area (Å²) in [7, 11) is -3.17. The first-order valence-corrected chi connectivity index (χ1v) is 16.2. The van der Waals surface area contributed by atoms with Crippen molar-refractivity contribution in [2.45, 2.75) is 56.0 Å². The van der Waals surface area contributed by atoms with Gasteiger partial charge in [-0.05, 0) is 42.0 Å². The van der Waals surface area contributed by atoms with Crippen LogP contribution in [0.1, 0.15) is 50.2 Å². The lowest BCUT2D eigenvalue weighted by Crippen LogP contribution is -2.50. The number of ether oxygens (including phenoxy) is 1. The number of benzene rings is 3. The van der Waals surface area contributed by atoms with Crippen molar-refractivity contribution in [2.75, 3.05) is 26.8 Å². The molecule has 2 atom stereocenters. The normalized spacial score (nSPS) is 13.1. The summed E-state index contributed by atoms with van der Waals surface area (Å²) >= 11 is 0. The zero-order valence-corrected chi connectivity index (χ0v) is 26.5. The molecule has 0 aromatic heterocycles. The highest BCUT2D eigenvalue weighted by atomic mass is 32.2. The van der Waals surface area contributed by atoms with Crippen LogP contribution < -0.4 is 10.6 Å². The molecule has 0 fully saturated rings. The predicted octanol–water partition coefficient (Wildman–Crippen LogP) is 4.82. The molecule has 3 rings (SSSR count). The summed E-state index contributed by atoms with van der Waals surface area (Å²) in [5, 5.41) is 15.7. The Balaban J connectivity index is 1.72. The van der Waals surface area contributed by atoms with E-state index in [-0.39, 0.29) is 25.4 Å². The van der Waals surface area contributed by atoms with Gasteiger partial charge in [-0.3, -0.25) is 4.79 Å². The van der Waals surface area contributed by atoms with Crippen molar-refractivity contribution in [3.05, 3.63) is 102 Å². The summed E-state index contributed by atoms with van der Waals surface area (Å²) in [6, 6.07) is 19.0. The van der Waals surface area contributed by atoms with Crippen LogP contribution in [0.2, 0.25) is 0 Å². The van der Waals surface area contributed by atoms with Crippen molar-refractivity contribution >= 4 is 22.0 Å². The molecule has 0 aliphatic rings. The third-order valence-electron chi connectivity index (χ3n) is 7.30. The number of sulfonamides is 1. The number of nitrogens with one attached hydrogen (secondary N) is 2. The van der Waals surface area contributed by atoms with Crippen molar-refractivity contribution in [3.8, 4) is 0 Å². The van der Waals surface area contributed by atoms with E-state index in [0.717, 1.165) is 27.6 Å². The number of hydrogen-bond acceptors (Lipinski definition) is 6. The number of nitrogens with zero attached hydrogens (tertiary/aromatic N) is 1. The van der Waals surface area contributed by atoms with E-state index in [9.17, 15) is 31.9 Å². The number of amides is 2. The standard InChI is InChI=1S/C33H41F2N3O6S/c1-23(2)21-38(45(42,43)29-18-17-26(34)20-28(29)35)27(22-39)16-10-11-19-36-32(40)31(37-33(41)44-3)30(24-12-6-4-7-13-24)25-14-8-5-9-15-25/h4-9,12-15,17-18,20,23,27,30-31,39H,10-11,16,19,21-22H2,1-3H3,(H,36,40)(H,37,41)/t27-,31-/m0/s1. The van der Waals surface area contributed by atoms with Crippen LogP contribution in [0.25, 0.3) is 0 Å². The number of hydrogen-bond donors (Lipinski definition) is 3. The molecule has 244 valence electrons. The molecule has 45 heavy (non-hydrogen) atoms. The summed E-state index contributed by atoms with van der Waals surface area (Å²) in [6.07, 6.45) is 0.301. The highest BCUT2D eigenvalue weighted by Crippen LogP contribution is 2.29. The molecule has 0 heterocycles. The quantitative estimate of drug-likeness (QED) is 0.192. The molecule has 0 radical (unpaired) electrons. The molecular formula is C33H41F2N3O6S. The SMILES string of the molecule is COC(=O)N[C@H](C(=O)NCCCC[C@@H](CO)N(CC(C)C)S(=O)(=O)c1ccc(F)cc1F)C(c1ccccc1)c1ccccc1. The van der Waals surface area contributed by atoms with Crippen LogP contribution in [0.15, 0.2) is 83.8 Å². The summed E-state index contributed by atoms with van der Waals surface area (Å²) in [5.41, 5.74) is 1.63. The fourth-order valence-corrected chi connectivity index (χ4v) is 7.01. The lowest BCUT2D eigenvalue weighted by molar-refractivity contribution is -0.123. The third-order valence-corrected chi connectivity index (χ3v) is 9.25. The minimum atomic E-state index is -4.39. The molecule has 3 aromatic carbocycles. The van der Waals surface area contributed by atoms with Gasteiger partial charge in [0.2, 0.25) is 15.9 Å². The van der Waals surface area contributed by atoms with Gasteiger partial charge in [-0.2, -0.15) is 4.31 Å². The van der Waals surface area contributed by atoms with Crippen LogP contribution in [-0.4, -0.2) is 68.7 Å². The molecule has 0 saturated carbocycles. The van der Waals surface area contributed by atoms with Gasteiger partial charge < -0.3 is 20.5 Å². The molecule has 0 aliphatic carbocycles. The number of halogens is 2. The van der Waals surface area contributed by atoms with Gasteiger partial charge in [0.1, 0.15) is 22.6 Å². The minimum Gasteiger partial charge on any atom is -0.453 e. The Bertz CT molecular complexity index is 1450. The van der Waals surface area contributed by atoms with Gasteiger partial charge in [-0.1, -0.05) is 80.9 Å². The number of aliphatic hydroxyl groups excluding tert-OH is 1. The Labute approximate surface area is 263 Å². The molecule has 0 saturated heterocycles. The molecule has 12 heteroatoms. The van der Waals surface area contributed by atoms with Crippen LogP contribution in [0.4, 0.5) is 13.6 Å². The Kier molecular flexibility index (Phi) is 13.4. The summed E-state index contributed by atoms with van der Waals surface area (Å²) in [6.45, 7) is 3.30. The number of methoxy groups -OCH3 is 1. The minimum absolute atomic E-state index is 0.0162. The van der Waals surface area contributed by atoms with Gasteiger partial charge in [0.15, 0.2) is 0 Å². The molecule has 0 aliphatic heterocycles. The predicted molar refractivity (Wildman–Crippen MR) is 167 cm³/mol. The summed E-state index contributed by atoms with van der Waals surface area (Å²) in [5.74, 6) is -3.20. The summed E-state index contributed by atoms with van der Waals surface area (Å²) < 4.78 is 60.7. The first-order chi connectivity index (χ1) is 21.5. The Morgan fingerprint density at radius 3 is 2.04 bits per heavy atom. The molecular weight excluding hydrogens is 604 g/mol. The zero-order valence-electron chi connectivity index (χ0n) is 25.7. The lowest BCUT2D eigenvalue weighted by atomic mass is 9.84. The maximum Gasteiger partial charge on any atom is 0.407 e. The lowest BCUT2D eigenvalue weighted by Gasteiger charge is -2.31. The molecule has 0 spiro atoms. The number of alkyl carbamates (subject to hydrolysis) is 1. The van der Waals surface area contributed by atoms with Crippen LogP contribution in [0.5, 0.6) is 0 Å². The van der Waals surface area contributed by atoms with E-state index < -0.39 is 63.2 Å². The molecule has 9 nitrogen and oxygen atoms in total. The first kappa shape index (κ1) is 35.6. The van der Waals surface area contributed by atoms with Crippen LogP contribution >= 0.6 is 0 Å². The zero-order chi connectivity index (χ0) is 33.0. The van der Waals surface area contributed by atoms with Crippen LogP contribution in [0, 0.1) is 17.6 Å². The van der Waals surface area contributed by atoms with E-state index in [1.165, 1.54) is 7.11 Å². The first-order valence-electron chi connectivity index (χ1n) is 14.8. The van der Waals surface area contributed by atoms with E-state index in [1.807, 2.05) is 60.7 Å². The topological polar surface area (TPSA) is 125 Å². The van der Waals surface area contributed by atoms with Gasteiger partial charge in [-0.15, -0.1) is 0 Å². The van der Waals surface area contributed by atoms with E-state index in [2.05, 4.69) is 10.6 Å². The average molecular weight is 646 g/mol. The number of carbonyl (C=O) groups is 2. The fraction of sp³-hybridized carbons (Fsp3) is 0.394. The van der Waals surface area contributed by atoms with Gasteiger partial charge in [0.25, 0.3) is 0 Å². The maximum absolute atomic E-state index is 14.5. The second-order valence-corrected chi connectivity index (χ2v) is 12.9. The number of aliphatic hydroxyl groups is 1. The number of unbranched alkanes of at least 4 members (excludes halogenated alkanes) is 1. The molecule has 0 unspecified atom stereocenters. The second kappa shape index (κ2) is 17.0. The molecule has 3 N–H and O–H groups in total. The second-order valence-electron chi connectivity index (χ2n) is 11.1. The van der Waals surface area contributed by atoms with Crippen LogP contribution in [-0.2, 0) is 19.6 Å². The molecule has 2 amide bonds. The number of carbonyl (C=O) groups excluding carboxylic acids is 2. The molecule has 3 aromatic rings. The summed E-state index contributed by atoms with van der Waals surface area (Å²) in [4.78, 5) is 25.2. The van der Waals surface area contributed by atoms with Crippen molar-refractivity contribution in [2.24, 2.45) is 5.92 Å². The van der Waals surface area contributed by atoms with Gasteiger partial charge in [-0.25, -0.2) is 22.0 Å². The van der Waals surface area contributed by atoms with E-state index >= 15 is 0 Å². The van der Waals surface area contributed by atoms with E-state index in [0.29, 0.717) is 18.9 Å². The van der Waals surface area contributed by atoms with Gasteiger partial charge >= 0.3 is 6.09 Å². The fourth-order valence-electron chi connectivity index (χ4n) is 5.15. The van der Waals surface area contributed by atoms with E-state index in [4.69, 9.17) is 4.74 Å². The van der Waals surface area contributed by atoms with Gasteiger partial charge in [0, 0.05) is 31.1 Å². The van der Waals surface area contributed by atoms with E-state index in [1.54, 1.807) is 13.8 Å². The molecule has 0 bridgehead atoms. The Hall–Kier alpha value is -3.87. The van der Waals surface area contributed by atoms with Crippen molar-refractivity contribution in [3.63, 3.8) is 0 Å². The monoisotopic (exact) mass is 645 g/mol. The highest BCUT2D eigenvalue weighted by Gasteiger charge is 2.34. The average Bonchev–Trinajstić information content (AvgIpc) is 3.02. The van der Waals surface area contributed by atoms with Crippen molar-refractivity contribution in [1.82, 2.24) is 14.9 Å². The number of rotatable bonds is 16. The Morgan fingerprint density at radius 1 is 0.933 bits per heavy atom. The smallest absolute Gasteiger partial charge is 0.407 e. The highest BCUT2D eigenvalue weighted by molar-refractivity contribution is 7.89. The van der Waals surface area contributed by atoms with Gasteiger partial charge in [0.05, 0.1) is 13.7 Å². The van der Waals surface area contributed by atoms with Crippen LogP contribution in [0.3, 0.4) is 0 Å².